The number of carbonyl (C=O) groups excluding carboxylic acids is 1. The highest BCUT2D eigenvalue weighted by Crippen LogP contribution is 2.65. The van der Waals surface area contributed by atoms with Crippen LogP contribution >= 0.6 is 0 Å². The Balaban J connectivity index is 2.14. The van der Waals surface area contributed by atoms with Gasteiger partial charge in [0, 0.05) is 11.3 Å². The molecule has 1 heterocycles. The van der Waals surface area contributed by atoms with Gasteiger partial charge in [0.1, 0.15) is 5.60 Å². The first-order chi connectivity index (χ1) is 6.47. The molecule has 0 aromatic carbocycles. The van der Waals surface area contributed by atoms with Crippen LogP contribution < -0.4 is 0 Å². The van der Waals surface area contributed by atoms with Gasteiger partial charge in [-0.2, -0.15) is 0 Å². The molecule has 3 saturated carbocycles. The standard InChI is InChI=1S/C12H18O2/c1-11(2)7-4-5-9-8(6-7)10(13)14-12(9,11)3/h7-9H,4-6H2,1-3H3/t7-,8-,9+,12+/m1/s1. The van der Waals surface area contributed by atoms with Crippen molar-refractivity contribution in [2.75, 3.05) is 0 Å². The first-order valence-electron chi connectivity index (χ1n) is 5.69. The molecule has 4 rings (SSSR count). The normalized spacial score (nSPS) is 53.4. The van der Waals surface area contributed by atoms with Gasteiger partial charge in [-0.25, -0.2) is 0 Å². The molecule has 1 saturated heterocycles. The van der Waals surface area contributed by atoms with Crippen molar-refractivity contribution in [1.29, 1.82) is 0 Å². The van der Waals surface area contributed by atoms with Gasteiger partial charge in [0.15, 0.2) is 0 Å². The van der Waals surface area contributed by atoms with Gasteiger partial charge in [-0.15, -0.1) is 0 Å². The summed E-state index contributed by atoms with van der Waals surface area (Å²) in [5, 5.41) is 0. The van der Waals surface area contributed by atoms with Gasteiger partial charge < -0.3 is 4.74 Å². The summed E-state index contributed by atoms with van der Waals surface area (Å²) in [4.78, 5) is 11.7. The number of carbonyl (C=O) groups is 1. The van der Waals surface area contributed by atoms with Gasteiger partial charge >= 0.3 is 5.97 Å². The molecule has 14 heavy (non-hydrogen) atoms. The van der Waals surface area contributed by atoms with E-state index in [1.807, 2.05) is 0 Å². The molecule has 1 aliphatic heterocycles. The summed E-state index contributed by atoms with van der Waals surface area (Å²) in [5.41, 5.74) is 0.00843. The maximum absolute atomic E-state index is 11.7. The molecule has 2 heteroatoms. The van der Waals surface area contributed by atoms with Crippen molar-refractivity contribution in [2.45, 2.75) is 45.6 Å². The Morgan fingerprint density at radius 2 is 2.00 bits per heavy atom. The number of hydrogen-bond donors (Lipinski definition) is 0. The second kappa shape index (κ2) is 2.17. The zero-order valence-electron chi connectivity index (χ0n) is 9.17. The van der Waals surface area contributed by atoms with E-state index < -0.39 is 0 Å². The molecule has 78 valence electrons. The van der Waals surface area contributed by atoms with E-state index in [0.717, 1.165) is 6.42 Å². The Bertz CT molecular complexity index is 307. The van der Waals surface area contributed by atoms with E-state index in [4.69, 9.17) is 4.74 Å². The maximum Gasteiger partial charge on any atom is 0.309 e. The third-order valence-corrected chi connectivity index (χ3v) is 5.47. The Morgan fingerprint density at radius 1 is 1.29 bits per heavy atom. The first-order valence-corrected chi connectivity index (χ1v) is 5.69. The van der Waals surface area contributed by atoms with Crippen LogP contribution in [0.2, 0.25) is 0 Å². The molecule has 4 atom stereocenters. The zero-order valence-corrected chi connectivity index (χ0v) is 9.17. The highest BCUT2D eigenvalue weighted by Gasteiger charge is 2.68. The van der Waals surface area contributed by atoms with Crippen LogP contribution in [0.1, 0.15) is 40.0 Å². The smallest absolute Gasteiger partial charge is 0.309 e. The lowest BCUT2D eigenvalue weighted by Gasteiger charge is -2.56. The minimum Gasteiger partial charge on any atom is -0.458 e. The van der Waals surface area contributed by atoms with E-state index in [-0.39, 0.29) is 22.9 Å². The summed E-state index contributed by atoms with van der Waals surface area (Å²) in [5.74, 6) is 1.49. The van der Waals surface area contributed by atoms with Gasteiger partial charge in [0.05, 0.1) is 5.92 Å². The molecule has 0 aromatic heterocycles. The van der Waals surface area contributed by atoms with Crippen molar-refractivity contribution < 1.29 is 9.53 Å². The summed E-state index contributed by atoms with van der Waals surface area (Å²) >= 11 is 0. The van der Waals surface area contributed by atoms with Gasteiger partial charge in [0.2, 0.25) is 0 Å². The van der Waals surface area contributed by atoms with Crippen LogP contribution in [0.25, 0.3) is 0 Å². The average molecular weight is 194 g/mol. The number of ether oxygens (including phenoxy) is 1. The molecule has 0 N–H and O–H groups in total. The number of rotatable bonds is 0. The molecule has 4 fully saturated rings. The lowest BCUT2D eigenvalue weighted by molar-refractivity contribution is -0.173. The van der Waals surface area contributed by atoms with E-state index in [1.54, 1.807) is 0 Å². The lowest BCUT2D eigenvalue weighted by Crippen LogP contribution is -2.58. The minimum atomic E-state index is -0.171. The molecule has 2 nitrogen and oxygen atoms in total. The van der Waals surface area contributed by atoms with E-state index in [0.29, 0.717) is 11.8 Å². The summed E-state index contributed by atoms with van der Waals surface area (Å²) in [6.45, 7) is 6.71. The van der Waals surface area contributed by atoms with Gasteiger partial charge in [-0.05, 0) is 32.1 Å². The van der Waals surface area contributed by atoms with Crippen LogP contribution in [-0.2, 0) is 9.53 Å². The third-order valence-electron chi connectivity index (χ3n) is 5.47. The highest BCUT2D eigenvalue weighted by atomic mass is 16.6. The highest BCUT2D eigenvalue weighted by molar-refractivity contribution is 5.77. The van der Waals surface area contributed by atoms with Crippen LogP contribution in [0, 0.1) is 23.2 Å². The van der Waals surface area contributed by atoms with Crippen molar-refractivity contribution in [3.05, 3.63) is 0 Å². The summed E-state index contributed by atoms with van der Waals surface area (Å²) in [6.07, 6.45) is 3.56. The fourth-order valence-electron chi connectivity index (χ4n) is 4.12. The predicted octanol–water partition coefficient (Wildman–Crippen LogP) is 2.37. The van der Waals surface area contributed by atoms with Gasteiger partial charge in [0.25, 0.3) is 0 Å². The van der Waals surface area contributed by atoms with E-state index in [9.17, 15) is 4.79 Å². The lowest BCUT2D eigenvalue weighted by atomic mass is 9.48. The molecular weight excluding hydrogens is 176 g/mol. The van der Waals surface area contributed by atoms with E-state index >= 15 is 0 Å². The van der Waals surface area contributed by atoms with Gasteiger partial charge in [-0.3, -0.25) is 4.79 Å². The molecule has 0 spiro atoms. The monoisotopic (exact) mass is 194 g/mol. The van der Waals surface area contributed by atoms with Crippen LogP contribution in [0.4, 0.5) is 0 Å². The van der Waals surface area contributed by atoms with Crippen molar-refractivity contribution in [2.24, 2.45) is 23.2 Å². The summed E-state index contributed by atoms with van der Waals surface area (Å²) < 4.78 is 5.68. The SMILES string of the molecule is CC1(C)[C@@H]2CC[C@H]3[C@@H](C2)C(=O)O[C@@]31C. The van der Waals surface area contributed by atoms with Crippen molar-refractivity contribution in [3.8, 4) is 0 Å². The topological polar surface area (TPSA) is 26.3 Å². The van der Waals surface area contributed by atoms with Crippen molar-refractivity contribution in [1.82, 2.24) is 0 Å². The van der Waals surface area contributed by atoms with Crippen molar-refractivity contribution in [3.63, 3.8) is 0 Å². The van der Waals surface area contributed by atoms with E-state index in [1.165, 1.54) is 12.8 Å². The third kappa shape index (κ3) is 0.697. The first kappa shape index (κ1) is 8.75. The Morgan fingerprint density at radius 3 is 2.64 bits per heavy atom. The number of esters is 1. The molecule has 4 aliphatic rings. The molecule has 0 radical (unpaired) electrons. The second-order valence-corrected chi connectivity index (χ2v) is 5.97. The average Bonchev–Trinajstić information content (AvgIpc) is 2.36. The fourth-order valence-corrected chi connectivity index (χ4v) is 4.12. The Hall–Kier alpha value is -0.530. The Kier molecular flexibility index (Phi) is 1.36. The van der Waals surface area contributed by atoms with Crippen LogP contribution in [0.15, 0.2) is 0 Å². The zero-order chi connectivity index (χ0) is 10.1. The molecule has 0 amide bonds. The van der Waals surface area contributed by atoms with Crippen LogP contribution in [0.3, 0.4) is 0 Å². The number of hydrogen-bond acceptors (Lipinski definition) is 2. The molecular formula is C12H18O2. The summed E-state index contributed by atoms with van der Waals surface area (Å²) in [7, 11) is 0. The molecule has 0 aromatic rings. The maximum atomic E-state index is 11.7. The van der Waals surface area contributed by atoms with E-state index in [2.05, 4.69) is 20.8 Å². The summed E-state index contributed by atoms with van der Waals surface area (Å²) in [6, 6.07) is 0. The molecule has 4 bridgehead atoms. The molecule has 3 aliphatic carbocycles. The Labute approximate surface area is 85.0 Å². The minimum absolute atomic E-state index is 0.0766. The van der Waals surface area contributed by atoms with Crippen LogP contribution in [-0.4, -0.2) is 11.6 Å². The molecule has 0 unspecified atom stereocenters. The van der Waals surface area contributed by atoms with Gasteiger partial charge in [-0.1, -0.05) is 13.8 Å². The number of fused-ring (bicyclic) bond motifs is 1. The quantitative estimate of drug-likeness (QED) is 0.553. The predicted molar refractivity (Wildman–Crippen MR) is 52.6 cm³/mol. The van der Waals surface area contributed by atoms with Crippen LogP contribution in [0.5, 0.6) is 0 Å². The largest absolute Gasteiger partial charge is 0.458 e. The second-order valence-electron chi connectivity index (χ2n) is 5.97. The fraction of sp³-hybridized carbons (Fsp3) is 0.917. The van der Waals surface area contributed by atoms with Crippen molar-refractivity contribution >= 4 is 5.97 Å².